The molecular weight excluding hydrogens is 438 g/mol. The van der Waals surface area contributed by atoms with E-state index in [0.717, 1.165) is 37.4 Å². The molecule has 0 saturated carbocycles. The average Bonchev–Trinajstić information content (AvgIpc) is 2.71. The molecule has 0 aromatic heterocycles. The Labute approximate surface area is 192 Å². The molecule has 0 heterocycles. The smallest absolute Gasteiger partial charge is 0.410 e. The summed E-state index contributed by atoms with van der Waals surface area (Å²) < 4.78 is 7.49. The Hall–Kier alpha value is -3.28. The molecule has 1 aromatic rings. The van der Waals surface area contributed by atoms with Crippen molar-refractivity contribution in [3.8, 4) is 5.75 Å². The number of hydrogen-bond donors (Lipinski definition) is 0. The largest absolute Gasteiger partial charge is 0.447 e. The number of benzene rings is 1. The minimum absolute atomic E-state index is 0.124. The second-order valence-corrected chi connectivity index (χ2v) is 8.24. The van der Waals surface area contributed by atoms with Gasteiger partial charge in [0.15, 0.2) is 5.71 Å². The van der Waals surface area contributed by atoms with Crippen LogP contribution in [0, 0.1) is 20.8 Å². The molecule has 0 atom stereocenters. The molecule has 1 rings (SSSR count). The number of amides is 3. The number of ether oxygens (including phenoxy) is 1. The Morgan fingerprint density at radius 2 is 1.44 bits per heavy atom. The average molecular weight is 468 g/mol. The molecule has 0 aliphatic rings. The zero-order valence-corrected chi connectivity index (χ0v) is 20.6. The lowest BCUT2D eigenvalue weighted by molar-refractivity contribution is -0.121. The first-order valence-electron chi connectivity index (χ1n) is 9.42. The van der Waals surface area contributed by atoms with Gasteiger partial charge in [0.1, 0.15) is 18.6 Å². The summed E-state index contributed by atoms with van der Waals surface area (Å²) in [5.41, 5.74) is 3.03. The second-order valence-electron chi connectivity index (χ2n) is 6.98. The highest BCUT2D eigenvalue weighted by Crippen LogP contribution is 2.23. The Kier molecular flexibility index (Phi) is 9.98. The maximum atomic E-state index is 12.4. The fourth-order valence-corrected chi connectivity index (χ4v) is 2.84. The van der Waals surface area contributed by atoms with Gasteiger partial charge >= 0.3 is 12.2 Å². The number of aryl methyl sites for hydroxylation is 2. The highest BCUT2D eigenvalue weighted by atomic mass is 32.2. The lowest BCUT2D eigenvalue weighted by Gasteiger charge is -2.21. The van der Waals surface area contributed by atoms with Crippen LogP contribution in [-0.4, -0.2) is 78.3 Å². The molecular formula is C20H29N5O6S. The first kappa shape index (κ1) is 26.8. The van der Waals surface area contributed by atoms with Crippen molar-refractivity contribution in [2.24, 2.45) is 10.3 Å². The number of rotatable bonds is 7. The first-order valence-corrected chi connectivity index (χ1v) is 10.2. The molecule has 0 radical (unpaired) electrons. The topological polar surface area (TPSA) is 113 Å². The van der Waals surface area contributed by atoms with E-state index in [4.69, 9.17) is 9.57 Å². The van der Waals surface area contributed by atoms with E-state index in [1.165, 1.54) is 47.1 Å². The maximum absolute atomic E-state index is 12.4. The van der Waals surface area contributed by atoms with Crippen LogP contribution in [0.25, 0.3) is 0 Å². The molecule has 0 bridgehead atoms. The van der Waals surface area contributed by atoms with Gasteiger partial charge in [-0.2, -0.15) is 0 Å². The van der Waals surface area contributed by atoms with Gasteiger partial charge in [-0.25, -0.2) is 18.2 Å². The van der Waals surface area contributed by atoms with Crippen molar-refractivity contribution in [3.05, 3.63) is 28.8 Å². The minimum atomic E-state index is -0.925. The Morgan fingerprint density at radius 1 is 0.906 bits per heavy atom. The van der Waals surface area contributed by atoms with Crippen molar-refractivity contribution in [2.45, 2.75) is 27.7 Å². The summed E-state index contributed by atoms with van der Waals surface area (Å²) in [4.78, 5) is 47.6. The molecule has 12 heteroatoms. The van der Waals surface area contributed by atoms with E-state index in [1.54, 1.807) is 12.1 Å². The molecule has 0 aliphatic heterocycles. The molecule has 176 valence electrons. The zero-order chi connectivity index (χ0) is 24.6. The number of oxime groups is 2. The van der Waals surface area contributed by atoms with Crippen molar-refractivity contribution in [2.75, 3.05) is 35.3 Å². The summed E-state index contributed by atoms with van der Waals surface area (Å²) in [7, 11) is 7.14. The molecule has 11 nitrogen and oxygen atoms in total. The molecule has 32 heavy (non-hydrogen) atoms. The number of carbonyl (C=O) groups excluding carboxylic acids is 3. The van der Waals surface area contributed by atoms with Crippen molar-refractivity contribution in [1.29, 1.82) is 0 Å². The van der Waals surface area contributed by atoms with Gasteiger partial charge in [0, 0.05) is 28.2 Å². The second kappa shape index (κ2) is 11.9. The van der Waals surface area contributed by atoms with E-state index in [0.29, 0.717) is 5.75 Å². The quantitative estimate of drug-likeness (QED) is 0.262. The molecule has 0 fully saturated rings. The monoisotopic (exact) mass is 467 g/mol. The molecule has 0 unspecified atom stereocenters. The lowest BCUT2D eigenvalue weighted by Crippen LogP contribution is -2.35. The third kappa shape index (κ3) is 7.45. The molecule has 0 saturated heterocycles. The molecule has 0 aliphatic carbocycles. The lowest BCUT2D eigenvalue weighted by atomic mass is 10.0. The molecule has 3 amide bonds. The van der Waals surface area contributed by atoms with E-state index in [2.05, 4.69) is 15.1 Å². The van der Waals surface area contributed by atoms with E-state index in [9.17, 15) is 14.4 Å². The molecule has 1 aromatic carbocycles. The van der Waals surface area contributed by atoms with Gasteiger partial charge in [0.25, 0.3) is 5.91 Å². The third-order valence-corrected chi connectivity index (χ3v) is 5.05. The van der Waals surface area contributed by atoms with E-state index < -0.39 is 18.1 Å². The number of hydrogen-bond acceptors (Lipinski definition) is 9. The predicted octanol–water partition coefficient (Wildman–Crippen LogP) is 3.14. The van der Waals surface area contributed by atoms with Crippen LogP contribution in [0.5, 0.6) is 5.75 Å². The molecule has 0 spiro atoms. The zero-order valence-electron chi connectivity index (χ0n) is 19.7. The van der Waals surface area contributed by atoms with E-state index >= 15 is 0 Å². The third-order valence-electron chi connectivity index (χ3n) is 4.26. The summed E-state index contributed by atoms with van der Waals surface area (Å²) in [5.74, 6) is -0.131. The maximum Gasteiger partial charge on any atom is 0.447 e. The van der Waals surface area contributed by atoms with Gasteiger partial charge in [-0.1, -0.05) is 10.3 Å². The van der Waals surface area contributed by atoms with Crippen LogP contribution in [0.4, 0.5) is 9.59 Å². The normalized spacial score (nSPS) is 11.5. The Balaban J connectivity index is 2.81. The van der Waals surface area contributed by atoms with Crippen molar-refractivity contribution < 1.29 is 28.8 Å². The predicted molar refractivity (Wildman–Crippen MR) is 123 cm³/mol. The van der Waals surface area contributed by atoms with Crippen molar-refractivity contribution >= 4 is 41.7 Å². The highest BCUT2D eigenvalue weighted by molar-refractivity contribution is 7.95. The summed E-state index contributed by atoms with van der Waals surface area (Å²) in [6.07, 6.45) is -1.61. The summed E-state index contributed by atoms with van der Waals surface area (Å²) in [6.45, 7) is 7.32. The Morgan fingerprint density at radius 3 is 1.94 bits per heavy atom. The van der Waals surface area contributed by atoms with Crippen molar-refractivity contribution in [3.63, 3.8) is 0 Å². The van der Waals surface area contributed by atoms with Gasteiger partial charge in [0.2, 0.25) is 0 Å². The minimum Gasteiger partial charge on any atom is -0.410 e. The number of carbonyl (C=O) groups is 3. The van der Waals surface area contributed by atoms with Crippen LogP contribution in [0.15, 0.2) is 22.4 Å². The van der Waals surface area contributed by atoms with Crippen LogP contribution in [-0.2, 0) is 14.5 Å². The standard InChI is InChI=1S/C20H29N5O6S/c1-12-10-16(11-13(2)14(12)3)30-19(27)24(7)32-25(8)20(28)31-22-17(15(4)21-29-9)18(26)23(5)6/h10-11H,1-9H3. The fraction of sp³-hybridized carbons (Fsp3) is 0.450. The van der Waals surface area contributed by atoms with Gasteiger partial charge in [0.05, 0.1) is 12.1 Å². The SMILES string of the molecule is CON=C(C)C(=NOC(=O)N(C)SN(C)C(=O)Oc1cc(C)c(C)c(C)c1)C(=O)N(C)C. The summed E-state index contributed by atoms with van der Waals surface area (Å²) >= 11 is 0.730. The van der Waals surface area contributed by atoms with Gasteiger partial charge in [-0.15, -0.1) is 0 Å². The van der Waals surface area contributed by atoms with Crippen LogP contribution < -0.4 is 4.74 Å². The van der Waals surface area contributed by atoms with E-state index in [1.807, 2.05) is 20.8 Å². The van der Waals surface area contributed by atoms with Gasteiger partial charge in [-0.05, 0) is 56.5 Å². The fourth-order valence-electron chi connectivity index (χ4n) is 2.26. The van der Waals surface area contributed by atoms with Crippen LogP contribution in [0.3, 0.4) is 0 Å². The number of nitrogens with zero attached hydrogens (tertiary/aromatic N) is 5. The van der Waals surface area contributed by atoms with Crippen LogP contribution in [0.1, 0.15) is 23.6 Å². The molecule has 0 N–H and O–H groups in total. The van der Waals surface area contributed by atoms with Gasteiger partial charge in [-0.3, -0.25) is 9.63 Å². The van der Waals surface area contributed by atoms with Gasteiger partial charge < -0.3 is 14.5 Å². The summed E-state index contributed by atoms with van der Waals surface area (Å²) in [6, 6.07) is 3.53. The van der Waals surface area contributed by atoms with E-state index in [-0.39, 0.29) is 11.4 Å². The van der Waals surface area contributed by atoms with Crippen molar-refractivity contribution in [1.82, 2.24) is 13.5 Å². The Bertz CT molecular complexity index is 908. The summed E-state index contributed by atoms with van der Waals surface area (Å²) in [5, 5.41) is 7.25. The van der Waals surface area contributed by atoms with Crippen LogP contribution >= 0.6 is 12.1 Å². The first-order chi connectivity index (χ1) is 14.9. The van der Waals surface area contributed by atoms with Crippen LogP contribution in [0.2, 0.25) is 0 Å². The highest BCUT2D eigenvalue weighted by Gasteiger charge is 2.23.